The van der Waals surface area contributed by atoms with Gasteiger partial charge in [0.15, 0.2) is 0 Å². The molecular formula is C27H27N3OS2. The van der Waals surface area contributed by atoms with Gasteiger partial charge in [0.2, 0.25) is 5.91 Å². The molecule has 2 aromatic heterocycles. The van der Waals surface area contributed by atoms with E-state index in [0.29, 0.717) is 6.42 Å². The molecule has 5 rings (SSSR count). The van der Waals surface area contributed by atoms with Crippen LogP contribution in [0, 0.1) is 0 Å². The number of benzene rings is 2. The fraction of sp³-hybridized carbons (Fsp3) is 0.259. The third-order valence-electron chi connectivity index (χ3n) is 6.19. The summed E-state index contributed by atoms with van der Waals surface area (Å²) in [7, 11) is 0. The van der Waals surface area contributed by atoms with E-state index < -0.39 is 0 Å². The lowest BCUT2D eigenvalue weighted by Gasteiger charge is -2.35. The fourth-order valence-corrected chi connectivity index (χ4v) is 5.97. The highest BCUT2D eigenvalue weighted by atomic mass is 32.1. The molecule has 33 heavy (non-hydrogen) atoms. The van der Waals surface area contributed by atoms with Crippen molar-refractivity contribution in [3.05, 3.63) is 99.7 Å². The van der Waals surface area contributed by atoms with Crippen LogP contribution in [0.4, 0.5) is 0 Å². The maximum Gasteiger partial charge on any atom is 0.223 e. The van der Waals surface area contributed by atoms with E-state index in [1.54, 1.807) is 22.7 Å². The van der Waals surface area contributed by atoms with E-state index in [2.05, 4.69) is 76.3 Å². The number of rotatable bonds is 7. The van der Waals surface area contributed by atoms with Gasteiger partial charge >= 0.3 is 0 Å². The van der Waals surface area contributed by atoms with Gasteiger partial charge in [-0.3, -0.25) is 9.69 Å². The van der Waals surface area contributed by atoms with Crippen LogP contribution >= 0.6 is 22.7 Å². The first-order valence-electron chi connectivity index (χ1n) is 11.3. The SMILES string of the molecule is O=C(CC(c1ccccc1)c1ccccc1)N1CCN(Cc2nc(-c3cccs3)cs2)CC1. The molecule has 1 amide bonds. The zero-order valence-electron chi connectivity index (χ0n) is 18.5. The van der Waals surface area contributed by atoms with Crippen LogP contribution in [0.1, 0.15) is 28.5 Å². The Kier molecular flexibility index (Phi) is 6.95. The zero-order chi connectivity index (χ0) is 22.5. The molecule has 168 valence electrons. The number of piperazine rings is 1. The Morgan fingerprint density at radius 1 is 0.848 bits per heavy atom. The summed E-state index contributed by atoms with van der Waals surface area (Å²) in [6.07, 6.45) is 0.505. The van der Waals surface area contributed by atoms with Crippen molar-refractivity contribution in [2.75, 3.05) is 26.2 Å². The van der Waals surface area contributed by atoms with Gasteiger partial charge in [-0.2, -0.15) is 0 Å². The molecule has 0 bridgehead atoms. The molecular weight excluding hydrogens is 446 g/mol. The first-order valence-corrected chi connectivity index (χ1v) is 13.1. The van der Waals surface area contributed by atoms with Crippen molar-refractivity contribution in [1.82, 2.24) is 14.8 Å². The number of amides is 1. The maximum atomic E-state index is 13.3. The summed E-state index contributed by atoms with van der Waals surface area (Å²) in [6, 6.07) is 25.0. The molecule has 4 aromatic rings. The number of carbonyl (C=O) groups is 1. The van der Waals surface area contributed by atoms with Gasteiger partial charge in [-0.25, -0.2) is 4.98 Å². The lowest BCUT2D eigenvalue weighted by molar-refractivity contribution is -0.133. The highest BCUT2D eigenvalue weighted by Gasteiger charge is 2.25. The van der Waals surface area contributed by atoms with Crippen molar-refractivity contribution < 1.29 is 4.79 Å². The molecule has 1 aliphatic heterocycles. The third-order valence-corrected chi connectivity index (χ3v) is 7.92. The van der Waals surface area contributed by atoms with Crippen molar-refractivity contribution in [2.45, 2.75) is 18.9 Å². The van der Waals surface area contributed by atoms with Gasteiger partial charge in [0.05, 0.1) is 17.1 Å². The minimum absolute atomic E-state index is 0.0870. The molecule has 0 N–H and O–H groups in total. The summed E-state index contributed by atoms with van der Waals surface area (Å²) >= 11 is 3.45. The smallest absolute Gasteiger partial charge is 0.223 e. The molecule has 2 aromatic carbocycles. The second-order valence-corrected chi connectivity index (χ2v) is 10.2. The van der Waals surface area contributed by atoms with Crippen LogP contribution < -0.4 is 0 Å². The van der Waals surface area contributed by atoms with Crippen LogP contribution in [0.5, 0.6) is 0 Å². The van der Waals surface area contributed by atoms with E-state index in [0.717, 1.165) is 43.4 Å². The number of thiophene rings is 1. The Hall–Kier alpha value is -2.80. The van der Waals surface area contributed by atoms with E-state index in [4.69, 9.17) is 4.98 Å². The van der Waals surface area contributed by atoms with E-state index in [1.165, 1.54) is 16.0 Å². The number of aromatic nitrogens is 1. The summed E-state index contributed by atoms with van der Waals surface area (Å²) in [5.41, 5.74) is 3.47. The molecule has 0 radical (unpaired) electrons. The summed E-state index contributed by atoms with van der Waals surface area (Å²) < 4.78 is 0. The molecule has 6 heteroatoms. The summed E-state index contributed by atoms with van der Waals surface area (Å²) in [6.45, 7) is 4.19. The Bertz CT molecular complexity index is 1110. The first-order chi connectivity index (χ1) is 16.3. The molecule has 1 saturated heterocycles. The van der Waals surface area contributed by atoms with E-state index in [1.807, 2.05) is 17.0 Å². The number of nitrogens with zero attached hydrogens (tertiary/aromatic N) is 3. The molecule has 0 unspecified atom stereocenters. The quantitative estimate of drug-likeness (QED) is 0.344. The molecule has 0 aliphatic carbocycles. The van der Waals surface area contributed by atoms with Gasteiger partial charge in [0, 0.05) is 43.9 Å². The molecule has 0 saturated carbocycles. The number of hydrogen-bond acceptors (Lipinski definition) is 5. The van der Waals surface area contributed by atoms with Crippen molar-refractivity contribution in [1.29, 1.82) is 0 Å². The Morgan fingerprint density at radius 2 is 1.52 bits per heavy atom. The Balaban J connectivity index is 1.18. The molecule has 0 atom stereocenters. The molecule has 0 spiro atoms. The Morgan fingerprint density at radius 3 is 2.12 bits per heavy atom. The molecule has 1 fully saturated rings. The van der Waals surface area contributed by atoms with Gasteiger partial charge in [0.25, 0.3) is 0 Å². The second-order valence-electron chi connectivity index (χ2n) is 8.34. The molecule has 1 aliphatic rings. The average molecular weight is 474 g/mol. The third kappa shape index (κ3) is 5.41. The van der Waals surface area contributed by atoms with E-state index in [-0.39, 0.29) is 11.8 Å². The van der Waals surface area contributed by atoms with Crippen molar-refractivity contribution >= 4 is 28.6 Å². The van der Waals surface area contributed by atoms with Crippen LogP contribution in [0.2, 0.25) is 0 Å². The largest absolute Gasteiger partial charge is 0.340 e. The first kappa shape index (κ1) is 22.0. The second kappa shape index (κ2) is 10.4. The number of hydrogen-bond donors (Lipinski definition) is 0. The van der Waals surface area contributed by atoms with Crippen molar-refractivity contribution in [3.8, 4) is 10.6 Å². The summed E-state index contributed by atoms with van der Waals surface area (Å²) in [5.74, 6) is 0.325. The summed E-state index contributed by atoms with van der Waals surface area (Å²) in [5, 5.41) is 5.38. The Labute approximate surface area is 203 Å². The average Bonchev–Trinajstić information content (AvgIpc) is 3.56. The van der Waals surface area contributed by atoms with Gasteiger partial charge in [-0.15, -0.1) is 22.7 Å². The lowest BCUT2D eigenvalue weighted by Crippen LogP contribution is -2.48. The normalized spacial score (nSPS) is 14.6. The maximum absolute atomic E-state index is 13.3. The molecule has 4 nitrogen and oxygen atoms in total. The van der Waals surface area contributed by atoms with Crippen LogP contribution in [0.3, 0.4) is 0 Å². The van der Waals surface area contributed by atoms with Crippen LogP contribution in [-0.4, -0.2) is 46.9 Å². The number of thiazole rings is 1. The number of carbonyl (C=O) groups excluding carboxylic acids is 1. The minimum Gasteiger partial charge on any atom is -0.340 e. The van der Waals surface area contributed by atoms with E-state index >= 15 is 0 Å². The molecule has 3 heterocycles. The van der Waals surface area contributed by atoms with Crippen LogP contribution in [0.15, 0.2) is 83.6 Å². The predicted molar refractivity (Wildman–Crippen MR) is 137 cm³/mol. The van der Waals surface area contributed by atoms with Crippen LogP contribution in [0.25, 0.3) is 10.6 Å². The monoisotopic (exact) mass is 473 g/mol. The van der Waals surface area contributed by atoms with Gasteiger partial charge < -0.3 is 4.90 Å². The predicted octanol–water partition coefficient (Wildman–Crippen LogP) is 5.74. The highest BCUT2D eigenvalue weighted by Crippen LogP contribution is 2.29. The standard InChI is InChI=1S/C27H27N3OS2/c31-27(18-23(21-8-3-1-4-9-21)22-10-5-2-6-11-22)30-15-13-29(14-16-30)19-26-28-24(20-33-26)25-12-7-17-32-25/h1-12,17,20,23H,13-16,18-19H2. The van der Waals surface area contributed by atoms with Gasteiger partial charge in [-0.1, -0.05) is 66.7 Å². The fourth-order valence-electron chi connectivity index (χ4n) is 4.37. The van der Waals surface area contributed by atoms with E-state index in [9.17, 15) is 4.79 Å². The highest BCUT2D eigenvalue weighted by molar-refractivity contribution is 7.14. The topological polar surface area (TPSA) is 36.4 Å². The van der Waals surface area contributed by atoms with Gasteiger partial charge in [-0.05, 0) is 22.6 Å². The van der Waals surface area contributed by atoms with Crippen molar-refractivity contribution in [2.24, 2.45) is 0 Å². The van der Waals surface area contributed by atoms with Crippen LogP contribution in [-0.2, 0) is 11.3 Å². The zero-order valence-corrected chi connectivity index (χ0v) is 20.1. The van der Waals surface area contributed by atoms with Crippen molar-refractivity contribution in [3.63, 3.8) is 0 Å². The lowest BCUT2D eigenvalue weighted by atomic mass is 9.88. The van der Waals surface area contributed by atoms with Gasteiger partial charge in [0.1, 0.15) is 5.01 Å². The summed E-state index contributed by atoms with van der Waals surface area (Å²) in [4.78, 5) is 23.7. The minimum atomic E-state index is 0.0870.